The summed E-state index contributed by atoms with van der Waals surface area (Å²) >= 11 is 0. The molecular weight excluding hydrogens is 252 g/mol. The molecule has 1 aliphatic carbocycles. The highest BCUT2D eigenvalue weighted by Crippen LogP contribution is 2.40. The third-order valence-electron chi connectivity index (χ3n) is 4.87. The normalized spacial score (nSPS) is 26.1. The predicted molar refractivity (Wildman–Crippen MR) is 80.1 cm³/mol. The number of anilines is 2. The van der Waals surface area contributed by atoms with Crippen molar-refractivity contribution >= 4 is 17.3 Å². The average Bonchev–Trinajstić information content (AvgIpc) is 2.47. The Morgan fingerprint density at radius 2 is 1.95 bits per heavy atom. The molecule has 0 unspecified atom stereocenters. The number of rotatable bonds is 2. The van der Waals surface area contributed by atoms with Crippen LogP contribution in [0.3, 0.4) is 0 Å². The Labute approximate surface area is 119 Å². The first-order valence-electron chi connectivity index (χ1n) is 7.57. The number of carbonyl (C=O) groups is 1. The van der Waals surface area contributed by atoms with Crippen LogP contribution in [-0.2, 0) is 0 Å². The molecule has 1 aromatic carbocycles. The lowest BCUT2D eigenvalue weighted by molar-refractivity contribution is 0.0698. The monoisotopic (exact) mass is 274 g/mol. The zero-order valence-corrected chi connectivity index (χ0v) is 11.7. The minimum Gasteiger partial charge on any atom is -0.478 e. The number of aromatic carboxylic acids is 1. The molecule has 1 aromatic rings. The quantitative estimate of drug-likeness (QED) is 0.813. The molecule has 20 heavy (non-hydrogen) atoms. The van der Waals surface area contributed by atoms with E-state index < -0.39 is 5.97 Å². The van der Waals surface area contributed by atoms with Crippen LogP contribution in [0.2, 0.25) is 0 Å². The number of nitrogen functional groups attached to an aromatic ring is 1. The van der Waals surface area contributed by atoms with E-state index in [2.05, 4.69) is 4.90 Å². The second-order valence-corrected chi connectivity index (χ2v) is 5.99. The van der Waals surface area contributed by atoms with Gasteiger partial charge in [0.1, 0.15) is 0 Å². The Balaban J connectivity index is 1.95. The molecule has 4 heteroatoms. The molecule has 0 aromatic heterocycles. The number of piperidine rings is 1. The van der Waals surface area contributed by atoms with Crippen LogP contribution >= 0.6 is 0 Å². The lowest BCUT2D eigenvalue weighted by atomic mass is 9.78. The van der Waals surface area contributed by atoms with Crippen molar-refractivity contribution in [2.24, 2.45) is 5.92 Å². The molecule has 0 bridgehead atoms. The van der Waals surface area contributed by atoms with Gasteiger partial charge in [-0.2, -0.15) is 0 Å². The second kappa shape index (κ2) is 5.35. The SMILES string of the molecule is Nc1c(C(=O)O)cccc1N1CCC[C@H]2CCCC[C@H]21. The minimum absolute atomic E-state index is 0.223. The van der Waals surface area contributed by atoms with Crippen LogP contribution in [0.25, 0.3) is 0 Å². The van der Waals surface area contributed by atoms with Crippen molar-refractivity contribution in [3.05, 3.63) is 23.8 Å². The first kappa shape index (κ1) is 13.3. The van der Waals surface area contributed by atoms with Crippen LogP contribution in [0.15, 0.2) is 18.2 Å². The van der Waals surface area contributed by atoms with Crippen molar-refractivity contribution in [2.45, 2.75) is 44.6 Å². The van der Waals surface area contributed by atoms with Gasteiger partial charge in [0, 0.05) is 12.6 Å². The van der Waals surface area contributed by atoms with Gasteiger partial charge < -0.3 is 15.7 Å². The minimum atomic E-state index is -0.943. The topological polar surface area (TPSA) is 66.6 Å². The number of para-hydroxylation sites is 1. The fourth-order valence-electron chi connectivity index (χ4n) is 3.91. The van der Waals surface area contributed by atoms with Gasteiger partial charge in [0.2, 0.25) is 0 Å². The van der Waals surface area contributed by atoms with Gasteiger partial charge in [0.25, 0.3) is 0 Å². The van der Waals surface area contributed by atoms with E-state index in [9.17, 15) is 9.90 Å². The van der Waals surface area contributed by atoms with Crippen LogP contribution in [0, 0.1) is 5.92 Å². The molecule has 1 aliphatic heterocycles. The van der Waals surface area contributed by atoms with Crippen LogP contribution < -0.4 is 10.6 Å². The summed E-state index contributed by atoms with van der Waals surface area (Å²) in [5.41, 5.74) is 7.68. The molecule has 1 heterocycles. The number of benzene rings is 1. The Hall–Kier alpha value is -1.71. The maximum Gasteiger partial charge on any atom is 0.337 e. The number of hydrogen-bond acceptors (Lipinski definition) is 3. The first-order valence-corrected chi connectivity index (χ1v) is 7.57. The predicted octanol–water partition coefficient (Wildman–Crippen LogP) is 3.13. The van der Waals surface area contributed by atoms with Gasteiger partial charge >= 0.3 is 5.97 Å². The fraction of sp³-hybridized carbons (Fsp3) is 0.562. The molecule has 1 saturated carbocycles. The van der Waals surface area contributed by atoms with Crippen LogP contribution in [0.5, 0.6) is 0 Å². The number of fused-ring (bicyclic) bond motifs is 1. The molecule has 3 N–H and O–H groups in total. The third-order valence-corrected chi connectivity index (χ3v) is 4.87. The molecule has 0 radical (unpaired) electrons. The van der Waals surface area contributed by atoms with Gasteiger partial charge in [-0.3, -0.25) is 0 Å². The Bertz CT molecular complexity index is 513. The lowest BCUT2D eigenvalue weighted by Gasteiger charge is -2.45. The third kappa shape index (κ3) is 2.23. The lowest BCUT2D eigenvalue weighted by Crippen LogP contribution is -2.47. The molecule has 2 aliphatic rings. The van der Waals surface area contributed by atoms with E-state index in [-0.39, 0.29) is 5.56 Å². The molecule has 3 rings (SSSR count). The molecule has 2 fully saturated rings. The highest BCUT2D eigenvalue weighted by molar-refractivity contribution is 5.97. The summed E-state index contributed by atoms with van der Waals surface area (Å²) in [7, 11) is 0. The van der Waals surface area contributed by atoms with Gasteiger partial charge in [-0.1, -0.05) is 18.9 Å². The zero-order valence-electron chi connectivity index (χ0n) is 11.7. The standard InChI is InChI=1S/C16H22N2O2/c17-15-12(16(19)20)7-3-9-14(15)18-10-4-6-11-5-1-2-8-13(11)18/h3,7,9,11,13H,1-2,4-6,8,10,17H2,(H,19,20)/t11-,13-/m1/s1. The van der Waals surface area contributed by atoms with E-state index in [0.29, 0.717) is 11.7 Å². The Kier molecular flexibility index (Phi) is 3.55. The van der Waals surface area contributed by atoms with E-state index in [1.165, 1.54) is 38.5 Å². The van der Waals surface area contributed by atoms with Crippen LogP contribution in [0.1, 0.15) is 48.9 Å². The highest BCUT2D eigenvalue weighted by Gasteiger charge is 2.34. The smallest absolute Gasteiger partial charge is 0.337 e. The number of carboxylic acids is 1. The largest absolute Gasteiger partial charge is 0.478 e. The molecule has 0 amide bonds. The van der Waals surface area contributed by atoms with Crippen molar-refractivity contribution in [1.29, 1.82) is 0 Å². The summed E-state index contributed by atoms with van der Waals surface area (Å²) in [5, 5.41) is 9.22. The Morgan fingerprint density at radius 1 is 1.20 bits per heavy atom. The molecule has 0 spiro atoms. The summed E-state index contributed by atoms with van der Waals surface area (Å²) in [6.07, 6.45) is 7.61. The molecular formula is C16H22N2O2. The van der Waals surface area contributed by atoms with E-state index in [4.69, 9.17) is 5.73 Å². The number of nitrogens with two attached hydrogens (primary N) is 1. The van der Waals surface area contributed by atoms with Crippen molar-refractivity contribution in [1.82, 2.24) is 0 Å². The van der Waals surface area contributed by atoms with Gasteiger partial charge in [-0.25, -0.2) is 4.79 Å². The average molecular weight is 274 g/mol. The van der Waals surface area contributed by atoms with E-state index in [0.717, 1.165) is 18.2 Å². The summed E-state index contributed by atoms with van der Waals surface area (Å²) in [6.45, 7) is 0.994. The van der Waals surface area contributed by atoms with Crippen molar-refractivity contribution in [2.75, 3.05) is 17.2 Å². The highest BCUT2D eigenvalue weighted by atomic mass is 16.4. The van der Waals surface area contributed by atoms with Crippen LogP contribution in [-0.4, -0.2) is 23.7 Å². The summed E-state index contributed by atoms with van der Waals surface area (Å²) in [6, 6.07) is 5.91. The van der Waals surface area contributed by atoms with E-state index >= 15 is 0 Å². The molecule has 108 valence electrons. The molecule has 2 atom stereocenters. The van der Waals surface area contributed by atoms with Gasteiger partial charge in [-0.15, -0.1) is 0 Å². The fourth-order valence-corrected chi connectivity index (χ4v) is 3.91. The number of carboxylic acid groups (broad SMARTS) is 1. The summed E-state index contributed by atoms with van der Waals surface area (Å²) < 4.78 is 0. The zero-order chi connectivity index (χ0) is 14.1. The summed E-state index contributed by atoms with van der Waals surface area (Å²) in [4.78, 5) is 13.6. The maximum absolute atomic E-state index is 11.2. The first-order chi connectivity index (χ1) is 9.68. The van der Waals surface area contributed by atoms with Gasteiger partial charge in [-0.05, 0) is 43.7 Å². The summed E-state index contributed by atoms with van der Waals surface area (Å²) in [5.74, 6) is -0.188. The molecule has 1 saturated heterocycles. The van der Waals surface area contributed by atoms with E-state index in [1.54, 1.807) is 6.07 Å². The van der Waals surface area contributed by atoms with Crippen molar-refractivity contribution in [3.8, 4) is 0 Å². The van der Waals surface area contributed by atoms with Crippen LogP contribution in [0.4, 0.5) is 11.4 Å². The molecule has 4 nitrogen and oxygen atoms in total. The number of hydrogen-bond donors (Lipinski definition) is 2. The van der Waals surface area contributed by atoms with Gasteiger partial charge in [0.15, 0.2) is 0 Å². The van der Waals surface area contributed by atoms with Crippen molar-refractivity contribution < 1.29 is 9.90 Å². The second-order valence-electron chi connectivity index (χ2n) is 5.99. The van der Waals surface area contributed by atoms with Gasteiger partial charge in [0.05, 0.1) is 16.9 Å². The maximum atomic E-state index is 11.2. The van der Waals surface area contributed by atoms with Crippen molar-refractivity contribution in [3.63, 3.8) is 0 Å². The Morgan fingerprint density at radius 3 is 2.75 bits per heavy atom. The number of nitrogens with zero attached hydrogens (tertiary/aromatic N) is 1. The van der Waals surface area contributed by atoms with E-state index in [1.807, 2.05) is 12.1 Å².